The summed E-state index contributed by atoms with van der Waals surface area (Å²) in [5.41, 5.74) is 0. The Morgan fingerprint density at radius 1 is 0.857 bits per heavy atom. The first kappa shape index (κ1) is 20.9. The molecule has 0 spiro atoms. The van der Waals surface area contributed by atoms with E-state index in [1.165, 1.54) is 39.9 Å². The molecule has 0 aromatic rings. The lowest BCUT2D eigenvalue weighted by Gasteiger charge is -2.26. The average Bonchev–Trinajstić information content (AvgIpc) is 2.44. The summed E-state index contributed by atoms with van der Waals surface area (Å²) in [6, 6.07) is 0.665. The summed E-state index contributed by atoms with van der Waals surface area (Å²) >= 11 is 0. The Labute approximate surface area is 127 Å². The van der Waals surface area contributed by atoms with Crippen LogP contribution in [0.15, 0.2) is 0 Å². The molecule has 0 rings (SSSR count). The second kappa shape index (κ2) is 11.5. The number of hydrogen-bond acceptors (Lipinski definition) is 3. The fraction of sp³-hybridized carbons (Fsp3) is 1.00. The molecule has 0 N–H and O–H groups in total. The molecule has 0 aromatic heterocycles. The zero-order valence-corrected chi connectivity index (χ0v) is 14.4. The van der Waals surface area contributed by atoms with Crippen LogP contribution in [0.3, 0.4) is 0 Å². The molecule has 3 nitrogen and oxygen atoms in total. The minimum Gasteiger partial charge on any atom is -0.377 e. The van der Waals surface area contributed by atoms with Gasteiger partial charge in [0.15, 0.2) is 0 Å². The fourth-order valence-electron chi connectivity index (χ4n) is 2.10. The van der Waals surface area contributed by atoms with Crippen LogP contribution in [-0.4, -0.2) is 35.8 Å². The summed E-state index contributed by atoms with van der Waals surface area (Å²) in [4.78, 5) is 0. The highest BCUT2D eigenvalue weighted by Crippen LogP contribution is 2.23. The minimum absolute atomic E-state index is 0.0310. The molecule has 128 valence electrons. The van der Waals surface area contributed by atoms with E-state index in [0.29, 0.717) is 6.04 Å². The Morgan fingerprint density at radius 3 is 1.95 bits per heavy atom. The Morgan fingerprint density at radius 2 is 1.43 bits per heavy atom. The molecule has 0 fully saturated rings. The van der Waals surface area contributed by atoms with Crippen LogP contribution >= 0.6 is 0 Å². The quantitative estimate of drug-likeness (QED) is 0.354. The number of alkyl halides is 3. The SMILES string of the molecule is CCCCCCCC[Si](OC)(OC)OCCCC(F)(F)F. The van der Waals surface area contributed by atoms with Crippen molar-refractivity contribution in [2.24, 2.45) is 0 Å². The largest absolute Gasteiger partial charge is 0.500 e. The van der Waals surface area contributed by atoms with Gasteiger partial charge in [0.1, 0.15) is 0 Å². The van der Waals surface area contributed by atoms with E-state index < -0.39 is 21.4 Å². The van der Waals surface area contributed by atoms with E-state index in [4.69, 9.17) is 13.3 Å². The summed E-state index contributed by atoms with van der Waals surface area (Å²) < 4.78 is 52.5. The van der Waals surface area contributed by atoms with Gasteiger partial charge in [-0.3, -0.25) is 0 Å². The van der Waals surface area contributed by atoms with E-state index in [2.05, 4.69) is 6.92 Å². The summed E-state index contributed by atoms with van der Waals surface area (Å²) in [6.07, 6.45) is 1.82. The van der Waals surface area contributed by atoms with E-state index in [1.54, 1.807) is 0 Å². The Hall–Kier alpha value is -0.113. The zero-order valence-electron chi connectivity index (χ0n) is 13.4. The van der Waals surface area contributed by atoms with Crippen LogP contribution in [0.1, 0.15) is 58.3 Å². The summed E-state index contributed by atoms with van der Waals surface area (Å²) in [5.74, 6) is 0. The lowest BCUT2D eigenvalue weighted by atomic mass is 10.1. The molecule has 0 atom stereocenters. The van der Waals surface area contributed by atoms with Gasteiger partial charge < -0.3 is 13.3 Å². The third kappa shape index (κ3) is 11.2. The first-order valence-electron chi connectivity index (χ1n) is 7.70. The summed E-state index contributed by atoms with van der Waals surface area (Å²) in [7, 11) is 0.245. The van der Waals surface area contributed by atoms with Crippen molar-refractivity contribution in [2.75, 3.05) is 20.8 Å². The Balaban J connectivity index is 3.94. The molecule has 0 aliphatic carbocycles. The topological polar surface area (TPSA) is 27.7 Å². The molecule has 21 heavy (non-hydrogen) atoms. The van der Waals surface area contributed by atoms with Gasteiger partial charge in [0.2, 0.25) is 0 Å². The lowest BCUT2D eigenvalue weighted by molar-refractivity contribution is -0.137. The second-order valence-electron chi connectivity index (χ2n) is 5.18. The maximum atomic E-state index is 12.1. The van der Waals surface area contributed by atoms with Gasteiger partial charge in [-0.1, -0.05) is 39.0 Å². The van der Waals surface area contributed by atoms with Gasteiger partial charge in [0, 0.05) is 33.3 Å². The second-order valence-corrected chi connectivity index (χ2v) is 8.15. The van der Waals surface area contributed by atoms with E-state index in [1.807, 2.05) is 0 Å². The van der Waals surface area contributed by atoms with Gasteiger partial charge in [-0.15, -0.1) is 0 Å². The molecule has 0 unspecified atom stereocenters. The molecule has 7 heteroatoms. The van der Waals surface area contributed by atoms with Gasteiger partial charge in [-0.2, -0.15) is 13.2 Å². The monoisotopic (exact) mass is 330 g/mol. The molecular weight excluding hydrogens is 301 g/mol. The molecule has 0 aliphatic heterocycles. The maximum Gasteiger partial charge on any atom is 0.500 e. The zero-order chi connectivity index (χ0) is 16.2. The number of hydrogen-bond donors (Lipinski definition) is 0. The Kier molecular flexibility index (Phi) is 11.4. The molecule has 0 aliphatic rings. The number of halogens is 3. The predicted molar refractivity (Wildman–Crippen MR) is 79.2 cm³/mol. The standard InChI is InChI=1S/C14H29F3O3Si/c1-4-5-6-7-8-9-13-21(18-2,19-3)20-12-10-11-14(15,16)17/h4-13H2,1-3H3. The van der Waals surface area contributed by atoms with Gasteiger partial charge >= 0.3 is 15.0 Å². The normalized spacial score (nSPS) is 12.9. The molecule has 0 amide bonds. The van der Waals surface area contributed by atoms with Crippen molar-refractivity contribution in [3.05, 3.63) is 0 Å². The highest BCUT2D eigenvalue weighted by molar-refractivity contribution is 6.60. The van der Waals surface area contributed by atoms with Gasteiger partial charge in [-0.25, -0.2) is 0 Å². The highest BCUT2D eigenvalue weighted by atomic mass is 28.4. The van der Waals surface area contributed by atoms with E-state index in [9.17, 15) is 13.2 Å². The average molecular weight is 330 g/mol. The lowest BCUT2D eigenvalue weighted by Crippen LogP contribution is -2.44. The van der Waals surface area contributed by atoms with E-state index >= 15 is 0 Å². The molecule has 0 heterocycles. The van der Waals surface area contributed by atoms with Gasteiger partial charge in [-0.05, 0) is 12.8 Å². The van der Waals surface area contributed by atoms with Crippen molar-refractivity contribution >= 4 is 8.80 Å². The third-order valence-electron chi connectivity index (χ3n) is 3.39. The number of unbranched alkanes of at least 4 members (excludes halogenated alkanes) is 5. The molecule has 0 saturated carbocycles. The van der Waals surface area contributed by atoms with Crippen molar-refractivity contribution in [2.45, 2.75) is 70.5 Å². The van der Waals surface area contributed by atoms with E-state index in [-0.39, 0.29) is 13.0 Å². The van der Waals surface area contributed by atoms with Crippen LogP contribution in [0.4, 0.5) is 13.2 Å². The maximum absolute atomic E-state index is 12.1. The van der Waals surface area contributed by atoms with Gasteiger partial charge in [0.25, 0.3) is 0 Å². The molecule has 0 radical (unpaired) electrons. The van der Waals surface area contributed by atoms with Crippen LogP contribution in [0.2, 0.25) is 6.04 Å². The summed E-state index contributed by atoms with van der Waals surface area (Å²) in [6.45, 7) is 2.20. The fourth-order valence-corrected chi connectivity index (χ4v) is 4.19. The van der Waals surface area contributed by atoms with Crippen LogP contribution < -0.4 is 0 Å². The van der Waals surface area contributed by atoms with Crippen molar-refractivity contribution in [1.82, 2.24) is 0 Å². The minimum atomic E-state index is -4.13. The van der Waals surface area contributed by atoms with Crippen LogP contribution in [0.25, 0.3) is 0 Å². The highest BCUT2D eigenvalue weighted by Gasteiger charge is 2.38. The molecule has 0 bridgehead atoms. The first-order chi connectivity index (χ1) is 9.89. The summed E-state index contributed by atoms with van der Waals surface area (Å²) in [5, 5.41) is 0. The van der Waals surface area contributed by atoms with Gasteiger partial charge in [0.05, 0.1) is 0 Å². The molecule has 0 aromatic carbocycles. The van der Waals surface area contributed by atoms with Crippen LogP contribution in [0.5, 0.6) is 0 Å². The van der Waals surface area contributed by atoms with Crippen molar-refractivity contribution in [1.29, 1.82) is 0 Å². The van der Waals surface area contributed by atoms with Crippen molar-refractivity contribution < 1.29 is 26.4 Å². The van der Waals surface area contributed by atoms with Crippen molar-refractivity contribution in [3.63, 3.8) is 0 Å². The Bertz CT molecular complexity index is 246. The predicted octanol–water partition coefficient (Wildman–Crippen LogP) is 4.94. The molecule has 0 saturated heterocycles. The smallest absolute Gasteiger partial charge is 0.377 e. The van der Waals surface area contributed by atoms with Crippen LogP contribution in [-0.2, 0) is 13.3 Å². The van der Waals surface area contributed by atoms with E-state index in [0.717, 1.165) is 12.8 Å². The van der Waals surface area contributed by atoms with Crippen molar-refractivity contribution in [3.8, 4) is 0 Å². The molecular formula is C14H29F3O3Si. The third-order valence-corrected chi connectivity index (χ3v) is 6.24. The first-order valence-corrected chi connectivity index (χ1v) is 9.63. The number of rotatable bonds is 13. The van der Waals surface area contributed by atoms with Crippen LogP contribution in [0, 0.1) is 0 Å².